The fourth-order valence-corrected chi connectivity index (χ4v) is 1.78. The first-order valence-corrected chi connectivity index (χ1v) is 5.72. The average Bonchev–Trinajstić information content (AvgIpc) is 2.38. The number of rotatable bonds is 4. The highest BCUT2D eigenvalue weighted by Gasteiger charge is 2.20. The largest absolute Gasteiger partial charge is 0.450 e. The van der Waals surface area contributed by atoms with Gasteiger partial charge in [0.05, 0.1) is 15.9 Å². The lowest BCUT2D eigenvalue weighted by Gasteiger charge is -2.06. The Kier molecular flexibility index (Phi) is 3.81. The highest BCUT2D eigenvalue weighted by molar-refractivity contribution is 6.32. The van der Waals surface area contributed by atoms with Crippen LogP contribution in [0.25, 0.3) is 0 Å². The molecule has 0 unspecified atom stereocenters. The average molecular weight is 295 g/mol. The summed E-state index contributed by atoms with van der Waals surface area (Å²) >= 11 is 5.74. The molecule has 0 bridgehead atoms. The molecule has 0 aliphatic rings. The van der Waals surface area contributed by atoms with Crippen molar-refractivity contribution in [2.45, 2.75) is 0 Å². The monoisotopic (exact) mass is 294 g/mol. The molecule has 0 radical (unpaired) electrons. The van der Waals surface area contributed by atoms with Crippen molar-refractivity contribution in [2.75, 3.05) is 0 Å². The lowest BCUT2D eigenvalue weighted by Crippen LogP contribution is -1.95. The molecular formula is C12H7ClN2O5. The Morgan fingerprint density at radius 1 is 1.00 bits per heavy atom. The van der Waals surface area contributed by atoms with E-state index in [0.717, 1.165) is 0 Å². The van der Waals surface area contributed by atoms with Crippen LogP contribution in [0.3, 0.4) is 0 Å². The number of nitrogens with zero attached hydrogens (tertiary/aromatic N) is 2. The maximum atomic E-state index is 10.9. The van der Waals surface area contributed by atoms with E-state index < -0.39 is 9.85 Å². The van der Waals surface area contributed by atoms with Gasteiger partial charge < -0.3 is 4.74 Å². The van der Waals surface area contributed by atoms with Crippen LogP contribution in [-0.4, -0.2) is 9.85 Å². The predicted molar refractivity (Wildman–Crippen MR) is 71.3 cm³/mol. The van der Waals surface area contributed by atoms with E-state index in [-0.39, 0.29) is 27.9 Å². The number of halogens is 1. The molecule has 2 rings (SSSR count). The van der Waals surface area contributed by atoms with E-state index in [1.807, 2.05) is 0 Å². The van der Waals surface area contributed by atoms with Gasteiger partial charge in [0, 0.05) is 6.07 Å². The minimum absolute atomic E-state index is 0.0714. The zero-order valence-electron chi connectivity index (χ0n) is 9.86. The number of ether oxygens (including phenoxy) is 1. The number of para-hydroxylation sites is 1. The first kappa shape index (κ1) is 13.8. The van der Waals surface area contributed by atoms with Crippen LogP contribution >= 0.6 is 11.6 Å². The van der Waals surface area contributed by atoms with Gasteiger partial charge in [-0.3, -0.25) is 20.2 Å². The predicted octanol–water partition coefficient (Wildman–Crippen LogP) is 3.95. The second kappa shape index (κ2) is 5.54. The van der Waals surface area contributed by atoms with Gasteiger partial charge in [-0.25, -0.2) is 0 Å². The van der Waals surface area contributed by atoms with Gasteiger partial charge in [-0.2, -0.15) is 0 Å². The van der Waals surface area contributed by atoms with Crippen molar-refractivity contribution in [3.63, 3.8) is 0 Å². The smallest absolute Gasteiger partial charge is 0.329 e. The quantitative estimate of drug-likeness (QED) is 0.628. The molecule has 0 aliphatic heterocycles. The molecule has 7 nitrogen and oxygen atoms in total. The second-order valence-corrected chi connectivity index (χ2v) is 4.11. The zero-order valence-corrected chi connectivity index (χ0v) is 10.6. The van der Waals surface area contributed by atoms with E-state index in [9.17, 15) is 20.2 Å². The SMILES string of the molecule is O=[N+]([O-])c1cccc(Oc2cccc(Cl)c2[N+](=O)[O-])c1. The molecular weight excluding hydrogens is 288 g/mol. The molecule has 0 aliphatic carbocycles. The van der Waals surface area contributed by atoms with Crippen molar-refractivity contribution < 1.29 is 14.6 Å². The van der Waals surface area contributed by atoms with Crippen LogP contribution in [0.4, 0.5) is 11.4 Å². The van der Waals surface area contributed by atoms with Crippen molar-refractivity contribution >= 4 is 23.0 Å². The van der Waals surface area contributed by atoms with Gasteiger partial charge >= 0.3 is 5.69 Å². The zero-order chi connectivity index (χ0) is 14.7. The Balaban J connectivity index is 2.40. The minimum Gasteiger partial charge on any atom is -0.450 e. The highest BCUT2D eigenvalue weighted by Crippen LogP contribution is 2.37. The first-order chi connectivity index (χ1) is 9.49. The molecule has 2 aromatic carbocycles. The molecule has 0 aromatic heterocycles. The number of nitro benzene ring substituents is 2. The van der Waals surface area contributed by atoms with Gasteiger partial charge in [-0.1, -0.05) is 23.7 Å². The molecule has 8 heteroatoms. The lowest BCUT2D eigenvalue weighted by atomic mass is 10.3. The van der Waals surface area contributed by atoms with Gasteiger partial charge in [-0.15, -0.1) is 0 Å². The maximum absolute atomic E-state index is 10.9. The molecule has 0 amide bonds. The van der Waals surface area contributed by atoms with Gasteiger partial charge in [0.1, 0.15) is 10.8 Å². The summed E-state index contributed by atoms with van der Waals surface area (Å²) in [7, 11) is 0. The molecule has 0 heterocycles. The summed E-state index contributed by atoms with van der Waals surface area (Å²) in [5, 5.41) is 21.5. The first-order valence-electron chi connectivity index (χ1n) is 5.34. The molecule has 2 aromatic rings. The van der Waals surface area contributed by atoms with Crippen molar-refractivity contribution in [3.05, 3.63) is 67.7 Å². The van der Waals surface area contributed by atoms with Crippen LogP contribution in [0.1, 0.15) is 0 Å². The minimum atomic E-state index is -0.672. The van der Waals surface area contributed by atoms with Crippen LogP contribution in [0.5, 0.6) is 11.5 Å². The Morgan fingerprint density at radius 3 is 2.35 bits per heavy atom. The highest BCUT2D eigenvalue weighted by atomic mass is 35.5. The molecule has 0 atom stereocenters. The third-order valence-electron chi connectivity index (χ3n) is 2.39. The molecule has 0 fully saturated rings. The summed E-state index contributed by atoms with van der Waals surface area (Å²) < 4.78 is 5.31. The second-order valence-electron chi connectivity index (χ2n) is 3.70. The van der Waals surface area contributed by atoms with E-state index in [2.05, 4.69) is 0 Å². The van der Waals surface area contributed by atoms with Crippen molar-refractivity contribution in [2.24, 2.45) is 0 Å². The maximum Gasteiger partial charge on any atom is 0.329 e. The summed E-state index contributed by atoms with van der Waals surface area (Å²) in [6.45, 7) is 0. The molecule has 0 N–H and O–H groups in total. The van der Waals surface area contributed by atoms with E-state index in [4.69, 9.17) is 16.3 Å². The van der Waals surface area contributed by atoms with Crippen molar-refractivity contribution in [1.29, 1.82) is 0 Å². The van der Waals surface area contributed by atoms with Crippen LogP contribution in [0.15, 0.2) is 42.5 Å². The third-order valence-corrected chi connectivity index (χ3v) is 2.69. The van der Waals surface area contributed by atoms with Crippen LogP contribution in [0, 0.1) is 20.2 Å². The standard InChI is InChI=1S/C12H7ClN2O5/c13-10-5-2-6-11(12(10)15(18)19)20-9-4-1-3-8(7-9)14(16)17/h1-7H. The topological polar surface area (TPSA) is 95.5 Å². The van der Waals surface area contributed by atoms with E-state index >= 15 is 0 Å². The molecule has 0 spiro atoms. The summed E-state index contributed by atoms with van der Waals surface area (Å²) in [5.41, 5.74) is -0.562. The summed E-state index contributed by atoms with van der Waals surface area (Å²) in [6.07, 6.45) is 0. The van der Waals surface area contributed by atoms with Crippen LogP contribution in [-0.2, 0) is 0 Å². The van der Waals surface area contributed by atoms with Gasteiger partial charge in [0.2, 0.25) is 5.75 Å². The van der Waals surface area contributed by atoms with E-state index in [1.54, 1.807) is 0 Å². The van der Waals surface area contributed by atoms with Crippen LogP contribution < -0.4 is 4.74 Å². The van der Waals surface area contributed by atoms with Crippen LogP contribution in [0.2, 0.25) is 5.02 Å². The summed E-state index contributed by atoms with van der Waals surface area (Å²) in [4.78, 5) is 20.3. The molecule has 0 saturated carbocycles. The lowest BCUT2D eigenvalue weighted by molar-refractivity contribution is -0.385. The number of hydrogen-bond donors (Lipinski definition) is 0. The fourth-order valence-electron chi connectivity index (χ4n) is 1.54. The number of nitro groups is 2. The number of non-ortho nitro benzene ring substituents is 1. The fraction of sp³-hybridized carbons (Fsp3) is 0. The number of hydrogen-bond acceptors (Lipinski definition) is 5. The molecule has 20 heavy (non-hydrogen) atoms. The van der Waals surface area contributed by atoms with Crippen molar-refractivity contribution in [1.82, 2.24) is 0 Å². The summed E-state index contributed by atoms with van der Waals surface area (Å²) in [5.74, 6) is 0.0348. The van der Waals surface area contributed by atoms with Gasteiger partial charge in [0.25, 0.3) is 5.69 Å². The van der Waals surface area contributed by atoms with Crippen molar-refractivity contribution in [3.8, 4) is 11.5 Å². The Bertz CT molecular complexity index is 689. The molecule has 0 saturated heterocycles. The van der Waals surface area contributed by atoms with E-state index in [0.29, 0.717) is 0 Å². The van der Waals surface area contributed by atoms with Gasteiger partial charge in [-0.05, 0) is 18.2 Å². The molecule has 102 valence electrons. The van der Waals surface area contributed by atoms with Gasteiger partial charge in [0.15, 0.2) is 0 Å². The number of benzene rings is 2. The Morgan fingerprint density at radius 2 is 1.70 bits per heavy atom. The Labute approximate surface area is 117 Å². The summed E-state index contributed by atoms with van der Waals surface area (Å²) in [6, 6.07) is 9.55. The normalized spacial score (nSPS) is 10.1. The van der Waals surface area contributed by atoms with E-state index in [1.165, 1.54) is 42.5 Å². The Hall–Kier alpha value is -2.67. The third kappa shape index (κ3) is 2.83.